The summed E-state index contributed by atoms with van der Waals surface area (Å²) in [7, 11) is 1.78. The van der Waals surface area contributed by atoms with Crippen LogP contribution in [0.2, 0.25) is 0 Å². The Bertz CT molecular complexity index is 796. The molecule has 1 aromatic carbocycles. The lowest BCUT2D eigenvalue weighted by Crippen LogP contribution is -2.18. The predicted octanol–water partition coefficient (Wildman–Crippen LogP) is 1.33. The molecule has 22 heavy (non-hydrogen) atoms. The molecule has 0 aliphatic rings. The highest BCUT2D eigenvalue weighted by Crippen LogP contribution is 2.20. The summed E-state index contributed by atoms with van der Waals surface area (Å²) in [5.74, 6) is 0.527. The Hall–Kier alpha value is -1.93. The number of benzene rings is 1. The van der Waals surface area contributed by atoms with Crippen molar-refractivity contribution in [2.45, 2.75) is 31.7 Å². The largest absolute Gasteiger partial charge is 0.390 e. The van der Waals surface area contributed by atoms with Crippen molar-refractivity contribution < 1.29 is 5.11 Å². The first kappa shape index (κ1) is 15.0. The zero-order chi connectivity index (χ0) is 15.7. The summed E-state index contributed by atoms with van der Waals surface area (Å²) in [5, 5.41) is 22.2. The van der Waals surface area contributed by atoms with Crippen molar-refractivity contribution in [3.8, 4) is 0 Å². The van der Waals surface area contributed by atoms with Crippen molar-refractivity contribution in [1.29, 1.82) is 0 Å². The summed E-state index contributed by atoms with van der Waals surface area (Å²) in [5.41, 5.74) is 4.46. The number of aliphatic hydroxyl groups is 1. The molecule has 0 saturated heterocycles. The van der Waals surface area contributed by atoms with Crippen molar-refractivity contribution in [2.75, 3.05) is 5.75 Å². The Labute approximate surface area is 132 Å². The molecule has 0 saturated carbocycles. The zero-order valence-electron chi connectivity index (χ0n) is 12.8. The van der Waals surface area contributed by atoms with Gasteiger partial charge in [0.05, 0.1) is 30.0 Å². The van der Waals surface area contributed by atoms with Crippen molar-refractivity contribution in [1.82, 2.24) is 29.8 Å². The number of hydrogen-bond donors (Lipinski definition) is 1. The number of aliphatic hydroxyl groups excluding tert-OH is 1. The van der Waals surface area contributed by atoms with E-state index >= 15 is 0 Å². The van der Waals surface area contributed by atoms with Gasteiger partial charge in [0, 0.05) is 12.8 Å². The van der Waals surface area contributed by atoms with Crippen LogP contribution in [0.3, 0.4) is 0 Å². The number of tetrazole rings is 1. The normalized spacial score (nSPS) is 12.9. The molecule has 3 rings (SSSR count). The molecule has 7 nitrogen and oxygen atoms in total. The van der Waals surface area contributed by atoms with E-state index in [9.17, 15) is 5.11 Å². The molecule has 1 N–H and O–H groups in total. The van der Waals surface area contributed by atoms with Gasteiger partial charge in [0.25, 0.3) is 0 Å². The van der Waals surface area contributed by atoms with E-state index in [1.165, 1.54) is 22.9 Å². The van der Waals surface area contributed by atoms with Gasteiger partial charge in [0.15, 0.2) is 0 Å². The van der Waals surface area contributed by atoms with E-state index < -0.39 is 6.10 Å². The molecule has 1 atom stereocenters. The number of imidazole rings is 1. The average molecular weight is 318 g/mol. The summed E-state index contributed by atoms with van der Waals surface area (Å²) >= 11 is 1.44. The lowest BCUT2D eigenvalue weighted by Gasteiger charge is -2.11. The van der Waals surface area contributed by atoms with Crippen molar-refractivity contribution in [3.05, 3.63) is 29.6 Å². The maximum absolute atomic E-state index is 10.2. The molecule has 0 bridgehead atoms. The van der Waals surface area contributed by atoms with E-state index in [1.54, 1.807) is 18.1 Å². The molecule has 0 aliphatic carbocycles. The average Bonchev–Trinajstić information content (AvgIpc) is 3.05. The first-order valence-electron chi connectivity index (χ1n) is 7.00. The third-order valence-electron chi connectivity index (χ3n) is 3.63. The monoisotopic (exact) mass is 318 g/mol. The van der Waals surface area contributed by atoms with Gasteiger partial charge >= 0.3 is 0 Å². The second-order valence-corrected chi connectivity index (χ2v) is 6.36. The van der Waals surface area contributed by atoms with E-state index in [4.69, 9.17) is 0 Å². The van der Waals surface area contributed by atoms with Crippen LogP contribution in [0.4, 0.5) is 0 Å². The minimum atomic E-state index is -0.499. The van der Waals surface area contributed by atoms with Gasteiger partial charge < -0.3 is 9.67 Å². The van der Waals surface area contributed by atoms with Crippen LogP contribution < -0.4 is 0 Å². The van der Waals surface area contributed by atoms with Crippen LogP contribution in [0.5, 0.6) is 0 Å². The molecule has 0 spiro atoms. The van der Waals surface area contributed by atoms with Crippen LogP contribution in [0.15, 0.2) is 23.6 Å². The molecule has 116 valence electrons. The molecular weight excluding hydrogens is 300 g/mol. The van der Waals surface area contributed by atoms with Gasteiger partial charge in [-0.15, -0.1) is 5.10 Å². The molecule has 0 aliphatic heterocycles. The fourth-order valence-electron chi connectivity index (χ4n) is 2.25. The van der Waals surface area contributed by atoms with E-state index in [0.29, 0.717) is 17.5 Å². The summed E-state index contributed by atoms with van der Waals surface area (Å²) in [4.78, 5) is 4.41. The third-order valence-corrected chi connectivity index (χ3v) is 4.79. The van der Waals surface area contributed by atoms with E-state index in [-0.39, 0.29) is 0 Å². The molecule has 8 heteroatoms. The highest BCUT2D eigenvalue weighted by molar-refractivity contribution is 7.99. The number of nitrogens with zero attached hydrogens (tertiary/aromatic N) is 6. The van der Waals surface area contributed by atoms with Gasteiger partial charge in [-0.2, -0.15) is 0 Å². The van der Waals surface area contributed by atoms with Crippen molar-refractivity contribution in [2.24, 2.45) is 7.05 Å². The van der Waals surface area contributed by atoms with E-state index in [2.05, 4.69) is 46.5 Å². The Morgan fingerprint density at radius 3 is 2.77 bits per heavy atom. The number of aryl methyl sites for hydroxylation is 3. The Balaban J connectivity index is 1.70. The Morgan fingerprint density at radius 2 is 2.05 bits per heavy atom. The van der Waals surface area contributed by atoms with Gasteiger partial charge in [-0.3, -0.25) is 0 Å². The van der Waals surface area contributed by atoms with Crippen LogP contribution in [-0.2, 0) is 13.6 Å². The molecular formula is C14H18N6OS. The third kappa shape index (κ3) is 2.97. The summed E-state index contributed by atoms with van der Waals surface area (Å²) < 4.78 is 3.58. The number of fused-ring (bicyclic) bond motifs is 1. The summed E-state index contributed by atoms with van der Waals surface area (Å²) in [6.45, 7) is 4.66. The maximum Gasteiger partial charge on any atom is 0.209 e. The fraction of sp³-hybridized carbons (Fsp3) is 0.429. The maximum atomic E-state index is 10.2. The number of thioether (sulfide) groups is 1. The number of aromatic nitrogens is 6. The van der Waals surface area contributed by atoms with Gasteiger partial charge in [0.2, 0.25) is 5.16 Å². The molecule has 0 radical (unpaired) electrons. The summed E-state index contributed by atoms with van der Waals surface area (Å²) in [6.07, 6.45) is 1.28. The highest BCUT2D eigenvalue weighted by atomic mass is 32.2. The molecule has 0 amide bonds. The molecule has 0 unspecified atom stereocenters. The van der Waals surface area contributed by atoms with E-state index in [1.807, 2.05) is 4.57 Å². The van der Waals surface area contributed by atoms with Gasteiger partial charge in [-0.25, -0.2) is 9.67 Å². The van der Waals surface area contributed by atoms with Crippen molar-refractivity contribution >= 4 is 22.8 Å². The van der Waals surface area contributed by atoms with Gasteiger partial charge in [0.1, 0.15) is 0 Å². The van der Waals surface area contributed by atoms with Gasteiger partial charge in [-0.1, -0.05) is 11.8 Å². The van der Waals surface area contributed by atoms with Crippen LogP contribution in [0, 0.1) is 13.8 Å². The summed E-state index contributed by atoms with van der Waals surface area (Å²) in [6, 6.07) is 4.19. The lowest BCUT2D eigenvalue weighted by atomic mass is 10.1. The van der Waals surface area contributed by atoms with Gasteiger partial charge in [-0.05, 0) is 47.5 Å². The molecule has 2 heterocycles. The van der Waals surface area contributed by atoms with Crippen LogP contribution >= 0.6 is 11.8 Å². The second kappa shape index (κ2) is 6.05. The molecule has 3 aromatic rings. The Kier molecular flexibility index (Phi) is 4.12. The minimum absolute atomic E-state index is 0.497. The minimum Gasteiger partial charge on any atom is -0.390 e. The SMILES string of the molecule is Cc1cc2ncn(C[C@@H](O)CSc3nnnn3C)c2cc1C. The predicted molar refractivity (Wildman–Crippen MR) is 84.7 cm³/mol. The lowest BCUT2D eigenvalue weighted by molar-refractivity contribution is 0.179. The second-order valence-electron chi connectivity index (χ2n) is 5.37. The molecule has 0 fully saturated rings. The Morgan fingerprint density at radius 1 is 1.27 bits per heavy atom. The van der Waals surface area contributed by atoms with Crippen molar-refractivity contribution in [3.63, 3.8) is 0 Å². The fourth-order valence-corrected chi connectivity index (χ4v) is 3.02. The first-order chi connectivity index (χ1) is 10.5. The van der Waals surface area contributed by atoms with Crippen LogP contribution in [0.1, 0.15) is 11.1 Å². The van der Waals surface area contributed by atoms with Crippen LogP contribution in [0.25, 0.3) is 11.0 Å². The highest BCUT2D eigenvalue weighted by Gasteiger charge is 2.12. The standard InChI is InChI=1S/C14H18N6OS/c1-9-4-12-13(5-10(9)2)20(8-15-12)6-11(21)7-22-14-16-17-18-19(14)3/h4-5,8,11,21H,6-7H2,1-3H3/t11-/m1/s1. The first-order valence-corrected chi connectivity index (χ1v) is 7.98. The number of rotatable bonds is 5. The number of hydrogen-bond acceptors (Lipinski definition) is 6. The zero-order valence-corrected chi connectivity index (χ0v) is 13.6. The van der Waals surface area contributed by atoms with E-state index in [0.717, 1.165) is 11.0 Å². The quantitative estimate of drug-likeness (QED) is 0.715. The smallest absolute Gasteiger partial charge is 0.209 e. The van der Waals surface area contributed by atoms with Crippen LogP contribution in [-0.4, -0.2) is 46.7 Å². The topological polar surface area (TPSA) is 81.7 Å². The molecule has 2 aromatic heterocycles.